The Bertz CT molecular complexity index is 375. The number of unbranched alkanes of at least 4 members (excludes halogenated alkanes) is 2. The van der Waals surface area contributed by atoms with Crippen LogP contribution in [0.5, 0.6) is 0 Å². The molecule has 0 spiro atoms. The van der Waals surface area contributed by atoms with Crippen LogP contribution in [0.1, 0.15) is 58.1 Å². The normalized spacial score (nSPS) is 13.4. The second-order valence-electron chi connectivity index (χ2n) is 6.32. The van der Waals surface area contributed by atoms with Gasteiger partial charge in [-0.05, 0) is 29.5 Å². The van der Waals surface area contributed by atoms with Crippen molar-refractivity contribution in [3.8, 4) is 0 Å². The molecule has 0 amide bonds. The van der Waals surface area contributed by atoms with E-state index in [1.165, 1.54) is 37.8 Å². The van der Waals surface area contributed by atoms with E-state index < -0.39 is 6.10 Å². The fourth-order valence-corrected chi connectivity index (χ4v) is 2.29. The summed E-state index contributed by atoms with van der Waals surface area (Å²) < 4.78 is 12.8. The van der Waals surface area contributed by atoms with Crippen molar-refractivity contribution in [2.45, 2.75) is 52.6 Å². The van der Waals surface area contributed by atoms with Crippen molar-refractivity contribution >= 4 is 0 Å². The van der Waals surface area contributed by atoms with Crippen LogP contribution >= 0.6 is 0 Å². The molecule has 3 heteroatoms. The second kappa shape index (κ2) is 8.38. The van der Waals surface area contributed by atoms with Gasteiger partial charge < -0.3 is 10.4 Å². The molecule has 114 valence electrons. The number of aliphatic hydroxyl groups is 1. The molecule has 1 unspecified atom stereocenters. The highest BCUT2D eigenvalue weighted by atomic mass is 19.1. The lowest BCUT2D eigenvalue weighted by Gasteiger charge is -2.26. The molecule has 2 nitrogen and oxygen atoms in total. The third kappa shape index (κ3) is 6.49. The predicted molar refractivity (Wildman–Crippen MR) is 82.2 cm³/mol. The Labute approximate surface area is 122 Å². The molecular formula is C17H28FNO. The zero-order valence-electron chi connectivity index (χ0n) is 13.0. The van der Waals surface area contributed by atoms with Crippen LogP contribution < -0.4 is 5.32 Å². The largest absolute Gasteiger partial charge is 0.387 e. The summed E-state index contributed by atoms with van der Waals surface area (Å²) in [5, 5.41) is 13.4. The molecule has 0 aromatic heterocycles. The highest BCUT2D eigenvalue weighted by Crippen LogP contribution is 2.23. The van der Waals surface area contributed by atoms with E-state index in [2.05, 4.69) is 26.1 Å². The number of aliphatic hydroxyl groups excluding tert-OH is 1. The first kappa shape index (κ1) is 17.1. The first-order chi connectivity index (χ1) is 9.44. The number of hydrogen-bond donors (Lipinski definition) is 2. The molecule has 1 atom stereocenters. The summed E-state index contributed by atoms with van der Waals surface area (Å²) in [5.41, 5.74) is 1.00. The maximum atomic E-state index is 12.8. The molecule has 0 saturated heterocycles. The minimum Gasteiger partial charge on any atom is -0.387 e. The average molecular weight is 281 g/mol. The molecule has 0 aliphatic rings. The Morgan fingerprint density at radius 2 is 1.85 bits per heavy atom. The molecule has 0 fully saturated rings. The zero-order chi connectivity index (χ0) is 15.0. The Hall–Kier alpha value is -0.930. The van der Waals surface area contributed by atoms with E-state index >= 15 is 0 Å². The molecule has 0 bridgehead atoms. The van der Waals surface area contributed by atoms with Gasteiger partial charge in [-0.25, -0.2) is 4.39 Å². The number of halogens is 1. The molecule has 0 saturated carbocycles. The summed E-state index contributed by atoms with van der Waals surface area (Å²) in [6, 6.07) is 6.03. The topological polar surface area (TPSA) is 32.3 Å². The van der Waals surface area contributed by atoms with E-state index in [-0.39, 0.29) is 11.2 Å². The molecule has 1 aromatic rings. The van der Waals surface area contributed by atoms with Crippen LogP contribution in [0.2, 0.25) is 0 Å². The SMILES string of the molecule is CCCCCC(C)(C)CNCC(O)c1ccc(F)cc1. The summed E-state index contributed by atoms with van der Waals surface area (Å²) >= 11 is 0. The molecule has 1 rings (SSSR count). The van der Waals surface area contributed by atoms with Crippen molar-refractivity contribution in [1.82, 2.24) is 5.32 Å². The quantitative estimate of drug-likeness (QED) is 0.669. The van der Waals surface area contributed by atoms with E-state index in [1.807, 2.05) is 0 Å². The smallest absolute Gasteiger partial charge is 0.123 e. The summed E-state index contributed by atoms with van der Waals surface area (Å²) in [5.74, 6) is -0.272. The lowest BCUT2D eigenvalue weighted by atomic mass is 9.87. The summed E-state index contributed by atoms with van der Waals surface area (Å²) in [7, 11) is 0. The molecule has 20 heavy (non-hydrogen) atoms. The second-order valence-corrected chi connectivity index (χ2v) is 6.32. The van der Waals surface area contributed by atoms with Gasteiger partial charge in [-0.15, -0.1) is 0 Å². The third-order valence-corrected chi connectivity index (χ3v) is 3.65. The van der Waals surface area contributed by atoms with Crippen LogP contribution in [0.3, 0.4) is 0 Å². The van der Waals surface area contributed by atoms with E-state index in [9.17, 15) is 9.50 Å². The fraction of sp³-hybridized carbons (Fsp3) is 0.647. The molecule has 0 aliphatic carbocycles. The van der Waals surface area contributed by atoms with E-state index in [1.54, 1.807) is 12.1 Å². The monoisotopic (exact) mass is 281 g/mol. The highest BCUT2D eigenvalue weighted by molar-refractivity contribution is 5.18. The Morgan fingerprint density at radius 1 is 1.20 bits per heavy atom. The molecule has 2 N–H and O–H groups in total. The lowest BCUT2D eigenvalue weighted by Crippen LogP contribution is -2.32. The van der Waals surface area contributed by atoms with Crippen LogP contribution in [0, 0.1) is 11.2 Å². The maximum Gasteiger partial charge on any atom is 0.123 e. The van der Waals surface area contributed by atoms with Crippen molar-refractivity contribution in [3.05, 3.63) is 35.6 Å². The van der Waals surface area contributed by atoms with Gasteiger partial charge in [0.15, 0.2) is 0 Å². The van der Waals surface area contributed by atoms with Crippen molar-refractivity contribution in [2.24, 2.45) is 5.41 Å². The van der Waals surface area contributed by atoms with Crippen LogP contribution in [0.4, 0.5) is 4.39 Å². The van der Waals surface area contributed by atoms with Gasteiger partial charge in [0.25, 0.3) is 0 Å². The predicted octanol–water partition coefficient (Wildman–Crippen LogP) is 4.06. The number of rotatable bonds is 9. The van der Waals surface area contributed by atoms with Crippen LogP contribution in [-0.4, -0.2) is 18.2 Å². The van der Waals surface area contributed by atoms with E-state index in [4.69, 9.17) is 0 Å². The summed E-state index contributed by atoms with van der Waals surface area (Å²) in [6.07, 6.45) is 4.39. The number of benzene rings is 1. The third-order valence-electron chi connectivity index (χ3n) is 3.65. The minimum absolute atomic E-state index is 0.248. The summed E-state index contributed by atoms with van der Waals surface area (Å²) in [6.45, 7) is 8.10. The molecule has 0 radical (unpaired) electrons. The van der Waals surface area contributed by atoms with Gasteiger partial charge in [-0.3, -0.25) is 0 Å². The van der Waals surface area contributed by atoms with Crippen LogP contribution in [0.15, 0.2) is 24.3 Å². The van der Waals surface area contributed by atoms with Gasteiger partial charge in [-0.1, -0.05) is 52.2 Å². The van der Waals surface area contributed by atoms with Crippen molar-refractivity contribution in [2.75, 3.05) is 13.1 Å². The zero-order valence-corrected chi connectivity index (χ0v) is 13.0. The van der Waals surface area contributed by atoms with Gasteiger partial charge in [0.2, 0.25) is 0 Å². The van der Waals surface area contributed by atoms with Crippen molar-refractivity contribution < 1.29 is 9.50 Å². The lowest BCUT2D eigenvalue weighted by molar-refractivity contribution is 0.167. The molecular weight excluding hydrogens is 253 g/mol. The van der Waals surface area contributed by atoms with E-state index in [0.29, 0.717) is 6.54 Å². The molecule has 1 aromatic carbocycles. The van der Waals surface area contributed by atoms with E-state index in [0.717, 1.165) is 12.1 Å². The van der Waals surface area contributed by atoms with Gasteiger partial charge in [-0.2, -0.15) is 0 Å². The van der Waals surface area contributed by atoms with Crippen molar-refractivity contribution in [1.29, 1.82) is 0 Å². The Balaban J connectivity index is 2.30. The van der Waals surface area contributed by atoms with Gasteiger partial charge in [0, 0.05) is 13.1 Å². The van der Waals surface area contributed by atoms with Crippen LogP contribution in [0.25, 0.3) is 0 Å². The summed E-state index contributed by atoms with van der Waals surface area (Å²) in [4.78, 5) is 0. The van der Waals surface area contributed by atoms with Gasteiger partial charge in [0.1, 0.15) is 5.82 Å². The van der Waals surface area contributed by atoms with Crippen LogP contribution in [-0.2, 0) is 0 Å². The van der Waals surface area contributed by atoms with Crippen molar-refractivity contribution in [3.63, 3.8) is 0 Å². The van der Waals surface area contributed by atoms with Gasteiger partial charge >= 0.3 is 0 Å². The minimum atomic E-state index is -0.581. The maximum absolute atomic E-state index is 12.8. The number of nitrogens with one attached hydrogen (secondary N) is 1. The first-order valence-corrected chi connectivity index (χ1v) is 7.59. The Morgan fingerprint density at radius 3 is 2.45 bits per heavy atom. The van der Waals surface area contributed by atoms with Gasteiger partial charge in [0.05, 0.1) is 6.10 Å². The molecule has 0 heterocycles. The standard InChI is InChI=1S/C17H28FNO/c1-4-5-6-11-17(2,3)13-19-12-16(20)14-7-9-15(18)10-8-14/h7-10,16,19-20H,4-6,11-13H2,1-3H3. The first-order valence-electron chi connectivity index (χ1n) is 7.59. The number of hydrogen-bond acceptors (Lipinski definition) is 2. The fourth-order valence-electron chi connectivity index (χ4n) is 2.29. The molecule has 0 aliphatic heterocycles. The Kier molecular flexibility index (Phi) is 7.17. The highest BCUT2D eigenvalue weighted by Gasteiger charge is 2.17. The average Bonchev–Trinajstić information content (AvgIpc) is 2.39.